The molecule has 3 rings (SSSR count). The highest BCUT2D eigenvalue weighted by atomic mass is 19.1. The van der Waals surface area contributed by atoms with Crippen LogP contribution in [0.2, 0.25) is 0 Å². The molecule has 196 valence electrons. The summed E-state index contributed by atoms with van der Waals surface area (Å²) >= 11 is 0. The summed E-state index contributed by atoms with van der Waals surface area (Å²) in [5.41, 5.74) is 3.97. The van der Waals surface area contributed by atoms with Crippen LogP contribution in [0.3, 0.4) is 0 Å². The zero-order chi connectivity index (χ0) is 27.1. The first-order valence-corrected chi connectivity index (χ1v) is 12.1. The van der Waals surface area contributed by atoms with Gasteiger partial charge in [-0.05, 0) is 43.2 Å². The Kier molecular flexibility index (Phi) is 9.38. The van der Waals surface area contributed by atoms with Gasteiger partial charge in [-0.3, -0.25) is 9.59 Å². The number of aliphatic hydroxyl groups is 2. The van der Waals surface area contributed by atoms with E-state index < -0.39 is 18.2 Å². The number of halogens is 1. The molecule has 1 aromatic heterocycles. The summed E-state index contributed by atoms with van der Waals surface area (Å²) in [5.74, 6) is -1.24. The van der Waals surface area contributed by atoms with E-state index in [1.807, 2.05) is 48.7 Å². The van der Waals surface area contributed by atoms with E-state index in [1.54, 1.807) is 25.3 Å². The molecule has 0 radical (unpaired) electrons. The van der Waals surface area contributed by atoms with Crippen LogP contribution >= 0.6 is 0 Å². The van der Waals surface area contributed by atoms with Crippen molar-refractivity contribution in [2.45, 2.75) is 44.9 Å². The zero-order valence-electron chi connectivity index (χ0n) is 21.4. The van der Waals surface area contributed by atoms with Gasteiger partial charge in [0.15, 0.2) is 0 Å². The first-order valence-electron chi connectivity index (χ1n) is 12.1. The minimum absolute atomic E-state index is 0.0757. The number of hydrogen-bond donors (Lipinski definition) is 3. The molecule has 0 bridgehead atoms. The van der Waals surface area contributed by atoms with Gasteiger partial charge in [-0.2, -0.15) is 0 Å². The molecule has 8 heteroatoms. The predicted molar refractivity (Wildman–Crippen MR) is 141 cm³/mol. The quantitative estimate of drug-likeness (QED) is 0.348. The third kappa shape index (κ3) is 6.53. The number of rotatable bonds is 10. The van der Waals surface area contributed by atoms with Crippen LogP contribution in [0.15, 0.2) is 60.7 Å². The van der Waals surface area contributed by atoms with Gasteiger partial charge >= 0.3 is 5.97 Å². The van der Waals surface area contributed by atoms with E-state index >= 15 is 0 Å². The summed E-state index contributed by atoms with van der Waals surface area (Å²) in [4.78, 5) is 24.7. The molecule has 0 saturated carbocycles. The molecule has 0 fully saturated rings. The maximum Gasteiger partial charge on any atom is 0.308 e. The highest BCUT2D eigenvalue weighted by Gasteiger charge is 2.29. The number of carbonyl (C=O) groups is 2. The highest BCUT2D eigenvalue weighted by molar-refractivity contribution is 6.06. The molecule has 2 aromatic carbocycles. The van der Waals surface area contributed by atoms with E-state index in [2.05, 4.69) is 10.1 Å². The normalized spacial score (nSPS) is 13.1. The number of nitrogens with zero attached hydrogens (tertiary/aromatic N) is 1. The van der Waals surface area contributed by atoms with Gasteiger partial charge in [-0.1, -0.05) is 48.5 Å². The van der Waals surface area contributed by atoms with Crippen LogP contribution < -0.4 is 5.32 Å². The number of nitrogens with one attached hydrogen (secondary N) is 1. The minimum Gasteiger partial charge on any atom is -0.469 e. The molecule has 0 aliphatic carbocycles. The van der Waals surface area contributed by atoms with Crippen LogP contribution in [-0.4, -0.2) is 53.0 Å². The van der Waals surface area contributed by atoms with Crippen LogP contribution in [0.1, 0.15) is 48.9 Å². The summed E-state index contributed by atoms with van der Waals surface area (Å²) in [5, 5.41) is 23.5. The Morgan fingerprint density at radius 2 is 1.65 bits per heavy atom. The van der Waals surface area contributed by atoms with Gasteiger partial charge in [0.2, 0.25) is 0 Å². The maximum atomic E-state index is 13.8. The average Bonchev–Trinajstić information content (AvgIpc) is 3.23. The number of carbonyl (C=O) groups excluding carboxylic acids is 2. The Hall–Kier alpha value is -3.75. The van der Waals surface area contributed by atoms with Crippen molar-refractivity contribution in [3.63, 3.8) is 0 Å². The third-order valence-corrected chi connectivity index (χ3v) is 6.02. The minimum atomic E-state index is -1.08. The van der Waals surface area contributed by atoms with E-state index in [9.17, 15) is 24.2 Å². The first-order chi connectivity index (χ1) is 17.7. The smallest absolute Gasteiger partial charge is 0.308 e. The molecule has 7 nitrogen and oxygen atoms in total. The lowest BCUT2D eigenvalue weighted by Gasteiger charge is -2.17. The number of ether oxygens (including phenoxy) is 1. The van der Waals surface area contributed by atoms with Crippen molar-refractivity contribution in [1.29, 1.82) is 0 Å². The van der Waals surface area contributed by atoms with Crippen molar-refractivity contribution in [3.05, 3.63) is 77.9 Å². The van der Waals surface area contributed by atoms with Gasteiger partial charge in [0.1, 0.15) is 11.5 Å². The number of hydrogen-bond acceptors (Lipinski definition) is 5. The topological polar surface area (TPSA) is 101 Å². The molecule has 1 amide bonds. The van der Waals surface area contributed by atoms with E-state index in [0.717, 1.165) is 5.56 Å². The van der Waals surface area contributed by atoms with Crippen molar-refractivity contribution in [1.82, 2.24) is 9.88 Å². The second-order valence-electron chi connectivity index (χ2n) is 9.00. The second kappa shape index (κ2) is 12.5. The van der Waals surface area contributed by atoms with Crippen LogP contribution in [0.25, 0.3) is 28.3 Å². The fourth-order valence-electron chi connectivity index (χ4n) is 4.36. The van der Waals surface area contributed by atoms with E-state index in [0.29, 0.717) is 28.1 Å². The van der Waals surface area contributed by atoms with Crippen LogP contribution in [0.5, 0.6) is 0 Å². The van der Waals surface area contributed by atoms with Crippen molar-refractivity contribution < 1.29 is 28.9 Å². The Labute approximate surface area is 216 Å². The van der Waals surface area contributed by atoms with Gasteiger partial charge in [-0.15, -0.1) is 0 Å². The van der Waals surface area contributed by atoms with Crippen LogP contribution in [0, 0.1) is 5.82 Å². The first kappa shape index (κ1) is 27.8. The van der Waals surface area contributed by atoms with Gasteiger partial charge in [-0.25, -0.2) is 4.39 Å². The molecular formula is C29H33FN2O5. The van der Waals surface area contributed by atoms with Crippen molar-refractivity contribution in [2.75, 3.05) is 14.2 Å². The Bertz CT molecular complexity index is 1250. The largest absolute Gasteiger partial charge is 0.469 e. The third-order valence-electron chi connectivity index (χ3n) is 6.02. The SMILES string of the molecule is CNC(=O)c1c(-c2ccccc2)c(-c2ccc(F)cc2)c(C=CC(O)CC(O)CC(=O)OC)n1C(C)C. The molecule has 2 unspecified atom stereocenters. The van der Waals surface area contributed by atoms with Crippen LogP contribution in [0.4, 0.5) is 4.39 Å². The van der Waals surface area contributed by atoms with E-state index in [4.69, 9.17) is 0 Å². The number of esters is 1. The number of aliphatic hydroxyl groups excluding tert-OH is 2. The molecule has 2 atom stereocenters. The molecule has 0 saturated heterocycles. The lowest BCUT2D eigenvalue weighted by atomic mass is 9.94. The summed E-state index contributed by atoms with van der Waals surface area (Å²) < 4.78 is 20.3. The molecule has 1 heterocycles. The maximum absolute atomic E-state index is 13.8. The average molecular weight is 509 g/mol. The molecule has 0 aliphatic heterocycles. The summed E-state index contributed by atoms with van der Waals surface area (Å²) in [7, 11) is 2.80. The van der Waals surface area contributed by atoms with E-state index in [-0.39, 0.29) is 30.6 Å². The number of benzene rings is 2. The lowest BCUT2D eigenvalue weighted by Crippen LogP contribution is -2.23. The lowest BCUT2D eigenvalue weighted by molar-refractivity contribution is -0.143. The second-order valence-corrected chi connectivity index (χ2v) is 9.00. The summed E-state index contributed by atoms with van der Waals surface area (Å²) in [6.45, 7) is 3.90. The van der Waals surface area contributed by atoms with Crippen molar-refractivity contribution >= 4 is 18.0 Å². The predicted octanol–water partition coefficient (Wildman–Crippen LogP) is 4.59. The monoisotopic (exact) mass is 508 g/mol. The molecule has 37 heavy (non-hydrogen) atoms. The number of aromatic nitrogens is 1. The summed E-state index contributed by atoms with van der Waals surface area (Å²) in [6, 6.07) is 15.4. The molecule has 3 N–H and O–H groups in total. The zero-order valence-corrected chi connectivity index (χ0v) is 21.4. The highest BCUT2D eigenvalue weighted by Crippen LogP contribution is 2.42. The Morgan fingerprint density at radius 1 is 1.03 bits per heavy atom. The van der Waals surface area contributed by atoms with E-state index in [1.165, 1.54) is 25.3 Å². The van der Waals surface area contributed by atoms with Gasteiger partial charge in [0, 0.05) is 36.3 Å². The fourth-order valence-corrected chi connectivity index (χ4v) is 4.36. The molecule has 0 aliphatic rings. The molecule has 3 aromatic rings. The van der Waals surface area contributed by atoms with Gasteiger partial charge in [0.25, 0.3) is 5.91 Å². The molecular weight excluding hydrogens is 475 g/mol. The Balaban J connectivity index is 2.24. The Morgan fingerprint density at radius 3 is 2.22 bits per heavy atom. The van der Waals surface area contributed by atoms with Crippen molar-refractivity contribution in [3.8, 4) is 22.3 Å². The molecule has 0 spiro atoms. The standard InChI is InChI=1S/C29H33FN2O5/c1-18(2)32-24(15-14-22(33)16-23(34)17-25(35)37-4)26(20-10-12-21(30)13-11-20)27(28(32)29(36)31-3)19-8-6-5-7-9-19/h5-15,18,22-23,33-34H,16-17H2,1-4H3,(H,31,36). The van der Waals surface area contributed by atoms with Crippen LogP contribution in [-0.2, 0) is 9.53 Å². The van der Waals surface area contributed by atoms with Crippen molar-refractivity contribution in [2.24, 2.45) is 0 Å². The summed E-state index contributed by atoms with van der Waals surface area (Å²) in [6.07, 6.45) is 0.760. The van der Waals surface area contributed by atoms with Gasteiger partial charge in [0.05, 0.1) is 25.7 Å². The number of amides is 1. The number of methoxy groups -OCH3 is 1. The fraction of sp³-hybridized carbons (Fsp3) is 0.310. The van der Waals surface area contributed by atoms with Gasteiger partial charge < -0.3 is 24.8 Å².